The van der Waals surface area contributed by atoms with Crippen LogP contribution in [0.3, 0.4) is 0 Å². The monoisotopic (exact) mass is 485 g/mol. The number of fused-ring (bicyclic) bond motifs is 1. The third-order valence-corrected chi connectivity index (χ3v) is 8.63. The zero-order valence-electron chi connectivity index (χ0n) is 19.3. The number of carbonyl (C=O) groups excluding carboxylic acids is 1. The molecule has 8 nitrogen and oxygen atoms in total. The first-order valence-electron chi connectivity index (χ1n) is 12.0. The molecule has 2 saturated heterocycles. The van der Waals surface area contributed by atoms with E-state index >= 15 is 0 Å². The van der Waals surface area contributed by atoms with Crippen molar-refractivity contribution in [3.05, 3.63) is 54.1 Å². The number of benzene rings is 2. The molecule has 5 rings (SSSR count). The third-order valence-electron chi connectivity index (χ3n) is 6.74. The second-order valence-electron chi connectivity index (χ2n) is 9.08. The Labute approximate surface area is 201 Å². The molecule has 0 bridgehead atoms. The zero-order chi connectivity index (χ0) is 23.5. The van der Waals surface area contributed by atoms with Crippen LogP contribution in [0.25, 0.3) is 0 Å². The number of hydrogen-bond acceptors (Lipinski definition) is 6. The summed E-state index contributed by atoms with van der Waals surface area (Å²) in [6.45, 7) is 4.65. The van der Waals surface area contributed by atoms with Crippen molar-refractivity contribution in [2.75, 3.05) is 45.9 Å². The summed E-state index contributed by atoms with van der Waals surface area (Å²) >= 11 is 0. The number of hydrogen-bond donors (Lipinski definition) is 0. The van der Waals surface area contributed by atoms with Crippen LogP contribution in [0, 0.1) is 0 Å². The number of amides is 1. The first kappa shape index (κ1) is 23.1. The minimum absolute atomic E-state index is 0.0598. The van der Waals surface area contributed by atoms with Crippen molar-refractivity contribution < 1.29 is 22.7 Å². The van der Waals surface area contributed by atoms with Gasteiger partial charge in [-0.15, -0.1) is 0 Å². The number of sulfonamides is 1. The summed E-state index contributed by atoms with van der Waals surface area (Å²) in [5, 5.41) is 0. The van der Waals surface area contributed by atoms with Gasteiger partial charge in [-0.05, 0) is 37.0 Å². The molecule has 1 atom stereocenters. The lowest BCUT2D eigenvalue weighted by molar-refractivity contribution is -0.142. The van der Waals surface area contributed by atoms with Crippen LogP contribution in [0.15, 0.2) is 53.4 Å². The molecule has 2 fully saturated rings. The smallest absolute Gasteiger partial charge is 0.267 e. The van der Waals surface area contributed by atoms with Crippen LogP contribution in [0.1, 0.15) is 24.8 Å². The predicted octanol–water partition coefficient (Wildman–Crippen LogP) is 2.35. The molecule has 3 heterocycles. The fourth-order valence-electron chi connectivity index (χ4n) is 4.77. The van der Waals surface area contributed by atoms with Crippen LogP contribution in [-0.4, -0.2) is 80.4 Å². The first-order chi connectivity index (χ1) is 16.5. The molecule has 3 aliphatic heterocycles. The van der Waals surface area contributed by atoms with Gasteiger partial charge in [-0.3, -0.25) is 9.69 Å². The first-order valence-corrected chi connectivity index (χ1v) is 13.4. The van der Waals surface area contributed by atoms with Gasteiger partial charge >= 0.3 is 0 Å². The van der Waals surface area contributed by atoms with E-state index in [2.05, 4.69) is 17.0 Å². The van der Waals surface area contributed by atoms with E-state index < -0.39 is 16.1 Å². The van der Waals surface area contributed by atoms with Gasteiger partial charge in [0.1, 0.15) is 6.61 Å². The van der Waals surface area contributed by atoms with E-state index in [4.69, 9.17) is 9.47 Å². The Kier molecular flexibility index (Phi) is 6.76. The molecular weight excluding hydrogens is 454 g/mol. The van der Waals surface area contributed by atoms with Crippen molar-refractivity contribution in [1.82, 2.24) is 14.1 Å². The molecule has 182 valence electrons. The Morgan fingerprint density at radius 2 is 1.62 bits per heavy atom. The number of carbonyl (C=O) groups is 1. The fourth-order valence-corrected chi connectivity index (χ4v) is 6.21. The molecular formula is C25H31N3O5S. The lowest BCUT2D eigenvalue weighted by atomic mass is 10.1. The molecule has 9 heteroatoms. The summed E-state index contributed by atoms with van der Waals surface area (Å²) < 4.78 is 39.8. The Morgan fingerprint density at radius 1 is 0.882 bits per heavy atom. The van der Waals surface area contributed by atoms with Crippen molar-refractivity contribution in [2.45, 2.75) is 36.8 Å². The molecule has 34 heavy (non-hydrogen) atoms. The maximum absolute atomic E-state index is 13.3. The van der Waals surface area contributed by atoms with E-state index in [1.54, 1.807) is 12.1 Å². The lowest BCUT2D eigenvalue weighted by Crippen LogP contribution is -2.48. The van der Waals surface area contributed by atoms with Gasteiger partial charge in [0.15, 0.2) is 11.5 Å². The van der Waals surface area contributed by atoms with Crippen LogP contribution in [0.2, 0.25) is 0 Å². The van der Waals surface area contributed by atoms with E-state index in [9.17, 15) is 13.2 Å². The summed E-state index contributed by atoms with van der Waals surface area (Å²) in [4.78, 5) is 17.0. The van der Waals surface area contributed by atoms with E-state index in [-0.39, 0.29) is 17.4 Å². The highest BCUT2D eigenvalue weighted by Crippen LogP contribution is 2.35. The topological polar surface area (TPSA) is 79.4 Å². The highest BCUT2D eigenvalue weighted by Gasteiger charge is 2.34. The fraction of sp³-hybridized carbons (Fsp3) is 0.480. The van der Waals surface area contributed by atoms with Gasteiger partial charge < -0.3 is 14.4 Å². The lowest BCUT2D eigenvalue weighted by Gasteiger charge is -2.34. The molecule has 2 aromatic carbocycles. The molecule has 0 saturated carbocycles. The molecule has 1 amide bonds. The molecule has 0 spiro atoms. The van der Waals surface area contributed by atoms with Gasteiger partial charge in [0, 0.05) is 51.9 Å². The summed E-state index contributed by atoms with van der Waals surface area (Å²) in [5.74, 6) is 0.718. The quantitative estimate of drug-likeness (QED) is 0.647. The minimum Gasteiger partial charge on any atom is -0.485 e. The predicted molar refractivity (Wildman–Crippen MR) is 127 cm³/mol. The van der Waals surface area contributed by atoms with Gasteiger partial charge in [0.05, 0.1) is 4.90 Å². The Bertz CT molecular complexity index is 1110. The maximum atomic E-state index is 13.3. The highest BCUT2D eigenvalue weighted by molar-refractivity contribution is 7.89. The van der Waals surface area contributed by atoms with Crippen molar-refractivity contribution in [2.24, 2.45) is 0 Å². The molecule has 3 aliphatic rings. The molecule has 2 aromatic rings. The second kappa shape index (κ2) is 9.93. The van der Waals surface area contributed by atoms with Gasteiger partial charge in [-0.2, -0.15) is 4.31 Å². The zero-order valence-corrected chi connectivity index (χ0v) is 20.1. The van der Waals surface area contributed by atoms with Crippen LogP contribution < -0.4 is 9.47 Å². The Balaban J connectivity index is 1.21. The molecule has 0 aliphatic carbocycles. The number of piperidine rings is 1. The summed E-state index contributed by atoms with van der Waals surface area (Å²) in [6.07, 6.45) is 2.48. The average molecular weight is 486 g/mol. The van der Waals surface area contributed by atoms with E-state index in [1.165, 1.54) is 15.9 Å². The van der Waals surface area contributed by atoms with Gasteiger partial charge in [0.25, 0.3) is 5.91 Å². The normalized spacial score (nSPS) is 21.9. The van der Waals surface area contributed by atoms with Crippen LogP contribution in [0.5, 0.6) is 11.5 Å². The summed E-state index contributed by atoms with van der Waals surface area (Å²) in [7, 11) is -3.64. The molecule has 1 unspecified atom stereocenters. The number of rotatable bonds is 5. The molecule has 0 N–H and O–H groups in total. The molecule has 0 radical (unpaired) electrons. The second-order valence-corrected chi connectivity index (χ2v) is 11.0. The Morgan fingerprint density at radius 3 is 2.35 bits per heavy atom. The Hall–Kier alpha value is -2.62. The van der Waals surface area contributed by atoms with Crippen molar-refractivity contribution in [1.29, 1.82) is 0 Å². The average Bonchev–Trinajstić information content (AvgIpc) is 2.89. The van der Waals surface area contributed by atoms with Crippen molar-refractivity contribution in [3.63, 3.8) is 0 Å². The highest BCUT2D eigenvalue weighted by atomic mass is 32.2. The van der Waals surface area contributed by atoms with Crippen molar-refractivity contribution >= 4 is 15.9 Å². The standard InChI is InChI=1S/C25H31N3O5S/c29-25(27-11-5-2-6-12-27)24-19-32-23-17-21(9-10-22(23)33-24)34(30,31)28-15-13-26(14-16-28)18-20-7-3-1-4-8-20/h1,3-4,7-10,17,24H,2,5-6,11-16,18-19H2. The van der Waals surface area contributed by atoms with E-state index in [0.717, 1.165) is 38.9 Å². The number of ether oxygens (including phenoxy) is 2. The number of likely N-dealkylation sites (tertiary alicyclic amines) is 1. The van der Waals surface area contributed by atoms with Crippen LogP contribution >= 0.6 is 0 Å². The van der Waals surface area contributed by atoms with Crippen LogP contribution in [-0.2, 0) is 21.4 Å². The summed E-state index contributed by atoms with van der Waals surface area (Å²) in [6, 6.07) is 14.9. The number of nitrogens with zero attached hydrogens (tertiary/aromatic N) is 3. The van der Waals surface area contributed by atoms with Crippen molar-refractivity contribution in [3.8, 4) is 11.5 Å². The maximum Gasteiger partial charge on any atom is 0.267 e. The van der Waals surface area contributed by atoms with Gasteiger partial charge in [-0.25, -0.2) is 8.42 Å². The van der Waals surface area contributed by atoms with Gasteiger partial charge in [0.2, 0.25) is 16.1 Å². The SMILES string of the molecule is O=C(C1COc2cc(S(=O)(=O)N3CCN(Cc4ccccc4)CC3)ccc2O1)N1CCCCC1. The van der Waals surface area contributed by atoms with E-state index in [0.29, 0.717) is 37.7 Å². The van der Waals surface area contributed by atoms with Gasteiger partial charge in [-0.1, -0.05) is 30.3 Å². The third kappa shape index (κ3) is 4.92. The van der Waals surface area contributed by atoms with Crippen LogP contribution in [0.4, 0.5) is 0 Å². The molecule has 0 aromatic heterocycles. The largest absolute Gasteiger partial charge is 0.485 e. The van der Waals surface area contributed by atoms with E-state index in [1.807, 2.05) is 23.1 Å². The number of piperazine rings is 1. The minimum atomic E-state index is -3.64. The summed E-state index contributed by atoms with van der Waals surface area (Å²) in [5.41, 5.74) is 1.22.